The molecule has 0 unspecified atom stereocenters. The van der Waals surface area contributed by atoms with E-state index in [0.717, 1.165) is 31.9 Å². The Balaban J connectivity index is 0.00000361. The number of nitrogens with zero attached hydrogens (tertiary/aromatic N) is 2. The maximum absolute atomic E-state index is 4.64. The third-order valence-corrected chi connectivity index (χ3v) is 3.71. The van der Waals surface area contributed by atoms with Gasteiger partial charge in [-0.1, -0.05) is 6.92 Å². The van der Waals surface area contributed by atoms with Crippen LogP contribution in [-0.4, -0.2) is 30.1 Å². The average molecular weight is 410 g/mol. The predicted molar refractivity (Wildman–Crippen MR) is 99.6 cm³/mol. The summed E-state index contributed by atoms with van der Waals surface area (Å²) in [5.74, 6) is 0.890. The van der Waals surface area contributed by atoms with Gasteiger partial charge in [-0.25, -0.2) is 4.98 Å². The quantitative estimate of drug-likeness (QED) is 0.431. The SMILES string of the molecule is CCNC(=NCCc1nc(CC)c(C)s1)NC(C)C.I. The molecule has 4 nitrogen and oxygen atoms in total. The summed E-state index contributed by atoms with van der Waals surface area (Å²) in [4.78, 5) is 10.6. The molecule has 1 heterocycles. The third kappa shape index (κ3) is 6.88. The van der Waals surface area contributed by atoms with Crippen molar-refractivity contribution in [2.24, 2.45) is 4.99 Å². The zero-order valence-electron chi connectivity index (χ0n) is 13.1. The molecule has 0 saturated heterocycles. The van der Waals surface area contributed by atoms with Crippen LogP contribution in [0.2, 0.25) is 0 Å². The zero-order chi connectivity index (χ0) is 14.3. The third-order valence-electron chi connectivity index (χ3n) is 2.64. The van der Waals surface area contributed by atoms with Crippen LogP contribution in [0, 0.1) is 6.92 Å². The fraction of sp³-hybridized carbons (Fsp3) is 0.714. The molecule has 6 heteroatoms. The largest absolute Gasteiger partial charge is 0.357 e. The van der Waals surface area contributed by atoms with Gasteiger partial charge in [0, 0.05) is 30.4 Å². The van der Waals surface area contributed by atoms with Crippen molar-refractivity contribution in [3.8, 4) is 0 Å². The first-order valence-corrected chi connectivity index (χ1v) is 7.88. The summed E-state index contributed by atoms with van der Waals surface area (Å²) in [7, 11) is 0. The van der Waals surface area contributed by atoms with Gasteiger partial charge in [0.2, 0.25) is 0 Å². The maximum Gasteiger partial charge on any atom is 0.191 e. The fourth-order valence-corrected chi connectivity index (χ4v) is 2.79. The van der Waals surface area contributed by atoms with Gasteiger partial charge in [0.25, 0.3) is 0 Å². The van der Waals surface area contributed by atoms with Gasteiger partial charge < -0.3 is 10.6 Å². The van der Waals surface area contributed by atoms with Gasteiger partial charge in [0.15, 0.2) is 5.96 Å². The second-order valence-corrected chi connectivity index (χ2v) is 6.06. The summed E-state index contributed by atoms with van der Waals surface area (Å²) >= 11 is 1.80. The lowest BCUT2D eigenvalue weighted by atomic mass is 10.3. The van der Waals surface area contributed by atoms with Crippen molar-refractivity contribution >= 4 is 41.3 Å². The maximum atomic E-state index is 4.64. The van der Waals surface area contributed by atoms with Gasteiger partial charge in [-0.3, -0.25) is 4.99 Å². The lowest BCUT2D eigenvalue weighted by molar-refractivity contribution is 0.700. The van der Waals surface area contributed by atoms with Crippen molar-refractivity contribution in [1.29, 1.82) is 0 Å². The molecule has 1 aromatic rings. The summed E-state index contributed by atoms with van der Waals surface area (Å²) in [5.41, 5.74) is 1.23. The summed E-state index contributed by atoms with van der Waals surface area (Å²) < 4.78 is 0. The van der Waals surface area contributed by atoms with Crippen LogP contribution in [0.4, 0.5) is 0 Å². The molecule has 2 N–H and O–H groups in total. The number of hydrogen-bond donors (Lipinski definition) is 2. The van der Waals surface area contributed by atoms with Crippen molar-refractivity contribution < 1.29 is 0 Å². The van der Waals surface area contributed by atoms with Crippen molar-refractivity contribution in [3.05, 3.63) is 15.6 Å². The average Bonchev–Trinajstić information content (AvgIpc) is 2.69. The molecule has 20 heavy (non-hydrogen) atoms. The number of hydrogen-bond acceptors (Lipinski definition) is 3. The molecular weight excluding hydrogens is 383 g/mol. The standard InChI is InChI=1S/C14H26N4S.HI/c1-6-12-11(5)19-13(18-12)8-9-16-14(15-7-2)17-10(3)4;/h10H,6-9H2,1-5H3,(H2,15,16,17);1H. The Morgan fingerprint density at radius 2 is 2.05 bits per heavy atom. The van der Waals surface area contributed by atoms with Gasteiger partial charge in [-0.2, -0.15) is 0 Å². The molecule has 0 aliphatic heterocycles. The Kier molecular flexibility index (Phi) is 10.2. The van der Waals surface area contributed by atoms with Crippen LogP contribution in [0.3, 0.4) is 0 Å². The second kappa shape index (κ2) is 10.4. The van der Waals surface area contributed by atoms with Crippen LogP contribution >= 0.6 is 35.3 Å². The normalized spacial score (nSPS) is 11.4. The van der Waals surface area contributed by atoms with Crippen molar-refractivity contribution in [3.63, 3.8) is 0 Å². The Labute approximate surface area is 143 Å². The Hall–Kier alpha value is -0.370. The number of aliphatic imine (C=N–C) groups is 1. The van der Waals surface area contributed by atoms with E-state index in [1.165, 1.54) is 15.6 Å². The summed E-state index contributed by atoms with van der Waals surface area (Å²) in [6.07, 6.45) is 1.93. The molecule has 0 saturated carbocycles. The molecule has 0 aliphatic carbocycles. The van der Waals surface area contributed by atoms with Gasteiger partial charge in [0.1, 0.15) is 0 Å². The van der Waals surface area contributed by atoms with Crippen LogP contribution in [0.5, 0.6) is 0 Å². The van der Waals surface area contributed by atoms with Crippen molar-refractivity contribution in [2.45, 2.75) is 53.5 Å². The van der Waals surface area contributed by atoms with Crippen molar-refractivity contribution in [2.75, 3.05) is 13.1 Å². The Morgan fingerprint density at radius 1 is 1.35 bits per heavy atom. The predicted octanol–water partition coefficient (Wildman–Crippen LogP) is 3.14. The number of guanidine groups is 1. The van der Waals surface area contributed by atoms with Crippen LogP contribution in [0.25, 0.3) is 0 Å². The van der Waals surface area contributed by atoms with E-state index in [4.69, 9.17) is 0 Å². The highest BCUT2D eigenvalue weighted by Gasteiger charge is 2.05. The monoisotopic (exact) mass is 410 g/mol. The van der Waals surface area contributed by atoms with Gasteiger partial charge in [-0.05, 0) is 34.1 Å². The number of aromatic nitrogens is 1. The van der Waals surface area contributed by atoms with E-state index in [1.807, 2.05) is 0 Å². The van der Waals surface area contributed by atoms with Crippen LogP contribution in [-0.2, 0) is 12.8 Å². The van der Waals surface area contributed by atoms with E-state index < -0.39 is 0 Å². The van der Waals surface area contributed by atoms with Gasteiger partial charge in [0.05, 0.1) is 10.7 Å². The minimum absolute atomic E-state index is 0. The molecule has 1 rings (SSSR count). The molecule has 0 radical (unpaired) electrons. The molecule has 116 valence electrons. The van der Waals surface area contributed by atoms with E-state index in [2.05, 4.69) is 55.2 Å². The minimum Gasteiger partial charge on any atom is -0.357 e. The molecule has 0 bridgehead atoms. The van der Waals surface area contributed by atoms with E-state index >= 15 is 0 Å². The molecule has 0 amide bonds. The number of nitrogens with one attached hydrogen (secondary N) is 2. The molecule has 0 aromatic carbocycles. The molecule has 0 fully saturated rings. The Bertz CT molecular complexity index is 415. The smallest absolute Gasteiger partial charge is 0.191 e. The lowest BCUT2D eigenvalue weighted by Gasteiger charge is -2.13. The zero-order valence-corrected chi connectivity index (χ0v) is 16.3. The topological polar surface area (TPSA) is 49.3 Å². The second-order valence-electron chi connectivity index (χ2n) is 4.77. The summed E-state index contributed by atoms with van der Waals surface area (Å²) in [6.45, 7) is 12.3. The fourth-order valence-electron chi connectivity index (χ4n) is 1.78. The Morgan fingerprint density at radius 3 is 2.55 bits per heavy atom. The van der Waals surface area contributed by atoms with Gasteiger partial charge in [-0.15, -0.1) is 35.3 Å². The van der Waals surface area contributed by atoms with Crippen LogP contribution in [0.1, 0.15) is 43.3 Å². The lowest BCUT2D eigenvalue weighted by Crippen LogP contribution is -2.41. The highest BCUT2D eigenvalue weighted by atomic mass is 127. The van der Waals surface area contributed by atoms with E-state index in [-0.39, 0.29) is 24.0 Å². The van der Waals surface area contributed by atoms with Crippen LogP contribution < -0.4 is 10.6 Å². The van der Waals surface area contributed by atoms with E-state index in [9.17, 15) is 0 Å². The number of rotatable bonds is 6. The first-order chi connectivity index (χ1) is 9.06. The highest BCUT2D eigenvalue weighted by Crippen LogP contribution is 2.18. The number of aryl methyl sites for hydroxylation is 2. The summed E-state index contributed by atoms with van der Waals surface area (Å²) in [6, 6.07) is 0.395. The number of thiazole rings is 1. The van der Waals surface area contributed by atoms with E-state index in [0.29, 0.717) is 6.04 Å². The van der Waals surface area contributed by atoms with Gasteiger partial charge >= 0.3 is 0 Å². The number of halogens is 1. The molecule has 1 aromatic heterocycles. The first-order valence-electron chi connectivity index (χ1n) is 7.06. The molecule has 0 atom stereocenters. The molecule has 0 aliphatic rings. The van der Waals surface area contributed by atoms with E-state index in [1.54, 1.807) is 11.3 Å². The molecular formula is C14H27IN4S. The first kappa shape index (κ1) is 19.6. The minimum atomic E-state index is 0. The molecule has 0 spiro atoms. The van der Waals surface area contributed by atoms with Crippen LogP contribution in [0.15, 0.2) is 4.99 Å². The highest BCUT2D eigenvalue weighted by molar-refractivity contribution is 14.0. The van der Waals surface area contributed by atoms with Crippen molar-refractivity contribution in [1.82, 2.24) is 15.6 Å². The summed E-state index contributed by atoms with van der Waals surface area (Å²) in [5, 5.41) is 7.76.